The molecule has 0 atom stereocenters. The van der Waals surface area contributed by atoms with Crippen molar-refractivity contribution in [3.8, 4) is 0 Å². The molecule has 6 heteroatoms. The third kappa shape index (κ3) is 3.26. The van der Waals surface area contributed by atoms with Gasteiger partial charge in [0, 0.05) is 18.0 Å². The number of esters is 1. The van der Waals surface area contributed by atoms with E-state index in [0.717, 1.165) is 15.8 Å². The van der Waals surface area contributed by atoms with Gasteiger partial charge in [-0.3, -0.25) is 9.59 Å². The van der Waals surface area contributed by atoms with Crippen molar-refractivity contribution in [2.75, 3.05) is 6.61 Å². The number of rotatable bonds is 4. The molecule has 26 heavy (non-hydrogen) atoms. The third-order valence-electron chi connectivity index (χ3n) is 4.17. The van der Waals surface area contributed by atoms with E-state index in [-0.39, 0.29) is 23.6 Å². The molecule has 0 amide bonds. The number of benzene rings is 2. The molecule has 0 aliphatic rings. The van der Waals surface area contributed by atoms with E-state index >= 15 is 0 Å². The van der Waals surface area contributed by atoms with Crippen molar-refractivity contribution < 1.29 is 14.3 Å². The molecule has 0 unspecified atom stereocenters. The number of aryl methyl sites for hydroxylation is 3. The summed E-state index contributed by atoms with van der Waals surface area (Å²) in [4.78, 5) is 36.9. The molecule has 0 saturated carbocycles. The Morgan fingerprint density at radius 1 is 1.08 bits per heavy atom. The van der Waals surface area contributed by atoms with Gasteiger partial charge in [-0.15, -0.1) is 0 Å². The quantitative estimate of drug-likeness (QED) is 0.534. The van der Waals surface area contributed by atoms with E-state index in [9.17, 15) is 14.4 Å². The summed E-state index contributed by atoms with van der Waals surface area (Å²) < 4.78 is 6.25. The highest BCUT2D eigenvalue weighted by molar-refractivity contribution is 6.04. The van der Waals surface area contributed by atoms with Crippen LogP contribution in [0.1, 0.15) is 32.0 Å². The topological polar surface area (TPSA) is 78.3 Å². The van der Waals surface area contributed by atoms with Gasteiger partial charge >= 0.3 is 5.97 Å². The molecule has 1 aromatic heterocycles. The molecule has 2 aromatic carbocycles. The van der Waals surface area contributed by atoms with Crippen molar-refractivity contribution in [1.29, 1.82) is 0 Å². The fraction of sp³-hybridized carbons (Fsp3) is 0.200. The van der Waals surface area contributed by atoms with E-state index in [1.54, 1.807) is 30.3 Å². The summed E-state index contributed by atoms with van der Waals surface area (Å²) in [5.74, 6) is -1.03. The third-order valence-corrected chi connectivity index (χ3v) is 4.17. The number of Topliss-reactive ketones (excluding diaryl/α,β-unsaturated/α-hetero) is 1. The van der Waals surface area contributed by atoms with Crippen molar-refractivity contribution in [3.05, 3.63) is 75.2 Å². The largest absolute Gasteiger partial charge is 0.452 e. The maximum Gasteiger partial charge on any atom is 0.359 e. The smallest absolute Gasteiger partial charge is 0.359 e. The van der Waals surface area contributed by atoms with E-state index in [4.69, 9.17) is 4.74 Å². The Labute approximate surface area is 150 Å². The van der Waals surface area contributed by atoms with Crippen LogP contribution in [0, 0.1) is 13.8 Å². The molecule has 3 aromatic rings. The first-order valence-corrected chi connectivity index (χ1v) is 8.12. The van der Waals surface area contributed by atoms with Crippen molar-refractivity contribution in [2.45, 2.75) is 13.8 Å². The van der Waals surface area contributed by atoms with Crippen LogP contribution in [0.5, 0.6) is 0 Å². The molecule has 0 aliphatic heterocycles. The number of ether oxygens (including phenoxy) is 1. The van der Waals surface area contributed by atoms with Crippen molar-refractivity contribution in [3.63, 3.8) is 0 Å². The Kier molecular flexibility index (Phi) is 4.67. The minimum atomic E-state index is -0.741. The lowest BCUT2D eigenvalue weighted by atomic mass is 10.0. The summed E-state index contributed by atoms with van der Waals surface area (Å²) in [6, 6.07) is 12.1. The van der Waals surface area contributed by atoms with E-state index in [1.165, 1.54) is 7.05 Å². The van der Waals surface area contributed by atoms with Gasteiger partial charge in [0.2, 0.25) is 5.78 Å². The molecule has 0 radical (unpaired) electrons. The molecule has 3 rings (SSSR count). The van der Waals surface area contributed by atoms with Crippen LogP contribution in [0.25, 0.3) is 10.8 Å². The number of fused-ring (bicyclic) bond motifs is 1. The fourth-order valence-corrected chi connectivity index (χ4v) is 2.85. The van der Waals surface area contributed by atoms with Crippen LogP contribution >= 0.6 is 0 Å². The second kappa shape index (κ2) is 6.92. The lowest BCUT2D eigenvalue weighted by molar-refractivity contribution is 0.0468. The molecular formula is C20H18N2O4. The number of hydrogen-bond donors (Lipinski definition) is 0. The average Bonchev–Trinajstić information content (AvgIpc) is 2.62. The minimum absolute atomic E-state index is 0.0103. The first-order valence-electron chi connectivity index (χ1n) is 8.12. The van der Waals surface area contributed by atoms with E-state index < -0.39 is 5.97 Å². The Morgan fingerprint density at radius 3 is 2.46 bits per heavy atom. The van der Waals surface area contributed by atoms with Gasteiger partial charge in [-0.05, 0) is 25.5 Å². The Hall–Kier alpha value is -3.28. The lowest BCUT2D eigenvalue weighted by Crippen LogP contribution is -2.24. The van der Waals surface area contributed by atoms with E-state index in [1.807, 2.05) is 26.0 Å². The van der Waals surface area contributed by atoms with Crippen molar-refractivity contribution >= 4 is 22.5 Å². The van der Waals surface area contributed by atoms with Crippen molar-refractivity contribution in [1.82, 2.24) is 9.78 Å². The number of hydrogen-bond acceptors (Lipinski definition) is 5. The normalized spacial score (nSPS) is 10.7. The highest BCUT2D eigenvalue weighted by atomic mass is 16.5. The minimum Gasteiger partial charge on any atom is -0.452 e. The standard InChI is InChI=1S/C20H18N2O4/c1-12-8-9-14(13(2)10-12)17(23)11-26-20(25)18-15-6-4-5-7-16(15)19(24)22(3)21-18/h4-10H,11H2,1-3H3. The van der Waals surface area contributed by atoms with Crippen LogP contribution < -0.4 is 5.56 Å². The zero-order valence-electron chi connectivity index (χ0n) is 14.8. The molecule has 0 N–H and O–H groups in total. The second-order valence-corrected chi connectivity index (χ2v) is 6.14. The average molecular weight is 350 g/mol. The fourth-order valence-electron chi connectivity index (χ4n) is 2.85. The first-order chi connectivity index (χ1) is 12.4. The van der Waals surface area contributed by atoms with Crippen molar-refractivity contribution in [2.24, 2.45) is 7.05 Å². The monoisotopic (exact) mass is 350 g/mol. The van der Waals surface area contributed by atoms with E-state index in [2.05, 4.69) is 5.10 Å². The Morgan fingerprint density at radius 2 is 1.77 bits per heavy atom. The zero-order valence-corrected chi connectivity index (χ0v) is 14.8. The summed E-state index contributed by atoms with van der Waals surface area (Å²) in [5, 5.41) is 4.77. The predicted molar refractivity (Wildman–Crippen MR) is 97.5 cm³/mol. The predicted octanol–water partition coefficient (Wildman–Crippen LogP) is 2.59. The second-order valence-electron chi connectivity index (χ2n) is 6.14. The van der Waals surface area contributed by atoms with Gasteiger partial charge in [0.1, 0.15) is 0 Å². The van der Waals surface area contributed by atoms with Crippen LogP contribution in [0.15, 0.2) is 47.3 Å². The highest BCUT2D eigenvalue weighted by Gasteiger charge is 2.19. The number of ketones is 1. The van der Waals surface area contributed by atoms with Crippen LogP contribution in [0.2, 0.25) is 0 Å². The molecule has 0 bridgehead atoms. The molecule has 0 aliphatic carbocycles. The van der Waals surface area contributed by atoms with Gasteiger partial charge in [0.15, 0.2) is 12.3 Å². The molecule has 132 valence electrons. The van der Waals surface area contributed by atoms with Gasteiger partial charge in [-0.2, -0.15) is 5.10 Å². The summed E-state index contributed by atoms with van der Waals surface area (Å²) in [7, 11) is 1.46. The molecular weight excluding hydrogens is 332 g/mol. The van der Waals surface area contributed by atoms with Crippen LogP contribution in [-0.4, -0.2) is 28.1 Å². The maximum absolute atomic E-state index is 12.4. The summed E-state index contributed by atoms with van der Waals surface area (Å²) in [6.07, 6.45) is 0. The summed E-state index contributed by atoms with van der Waals surface area (Å²) in [5.41, 5.74) is 2.11. The first kappa shape index (κ1) is 17.5. The van der Waals surface area contributed by atoms with Crippen LogP contribution in [0.4, 0.5) is 0 Å². The van der Waals surface area contributed by atoms with Gasteiger partial charge in [0.05, 0.1) is 5.39 Å². The van der Waals surface area contributed by atoms with Crippen LogP contribution in [0.3, 0.4) is 0 Å². The summed E-state index contributed by atoms with van der Waals surface area (Å²) >= 11 is 0. The molecule has 0 saturated heterocycles. The molecule has 6 nitrogen and oxygen atoms in total. The molecule has 0 spiro atoms. The van der Waals surface area contributed by atoms with Gasteiger partial charge in [-0.25, -0.2) is 9.48 Å². The number of nitrogens with zero attached hydrogens (tertiary/aromatic N) is 2. The van der Waals surface area contributed by atoms with E-state index in [0.29, 0.717) is 16.3 Å². The Balaban J connectivity index is 1.85. The molecule has 1 heterocycles. The lowest BCUT2D eigenvalue weighted by Gasteiger charge is -2.09. The van der Waals surface area contributed by atoms with Crippen LogP contribution in [-0.2, 0) is 11.8 Å². The van der Waals surface area contributed by atoms with Gasteiger partial charge < -0.3 is 4.74 Å². The number of aromatic nitrogens is 2. The number of carbonyl (C=O) groups excluding carboxylic acids is 2. The van der Waals surface area contributed by atoms with Gasteiger partial charge in [-0.1, -0.05) is 42.0 Å². The van der Waals surface area contributed by atoms with Gasteiger partial charge in [0.25, 0.3) is 5.56 Å². The highest BCUT2D eigenvalue weighted by Crippen LogP contribution is 2.15. The maximum atomic E-state index is 12.4. The Bertz CT molecular complexity index is 1080. The zero-order chi connectivity index (χ0) is 18.8. The molecule has 0 fully saturated rings. The SMILES string of the molecule is Cc1ccc(C(=O)COC(=O)c2nn(C)c(=O)c3ccccc23)c(C)c1. The number of carbonyl (C=O) groups is 2. The summed E-state index contributed by atoms with van der Waals surface area (Å²) in [6.45, 7) is 3.39.